The Morgan fingerprint density at radius 3 is 2.36 bits per heavy atom. The van der Waals surface area contributed by atoms with Crippen LogP contribution in [-0.2, 0) is 11.0 Å². The number of hydrogen-bond acceptors (Lipinski definition) is 5. The van der Waals surface area contributed by atoms with Gasteiger partial charge in [-0.3, -0.25) is 20.4 Å². The van der Waals surface area contributed by atoms with Crippen LogP contribution in [0.25, 0.3) is 0 Å². The number of alkyl halides is 3. The zero-order valence-corrected chi connectivity index (χ0v) is 14.3. The number of thioether (sulfide) groups is 1. The standard InChI is InChI=1S/C15H20F3N3O3S/c1-2-25-8-7-11(19)12(22)14(24)21-20-13(23)9-3-5-10(6-4-9)15(16,17)18/h3-6,11-12,22H,2,7-8,19H2,1H3,(H,20,23)(H,21,24)/t11-,12?/m1/s1. The molecule has 0 fully saturated rings. The summed E-state index contributed by atoms with van der Waals surface area (Å²) in [6.45, 7) is 1.97. The second-order valence-electron chi connectivity index (χ2n) is 5.11. The Morgan fingerprint density at radius 1 is 1.24 bits per heavy atom. The number of aliphatic hydroxyl groups excluding tert-OH is 1. The maximum atomic E-state index is 12.5. The molecule has 25 heavy (non-hydrogen) atoms. The lowest BCUT2D eigenvalue weighted by atomic mass is 10.1. The van der Waals surface area contributed by atoms with Gasteiger partial charge in [0.1, 0.15) is 6.10 Å². The van der Waals surface area contributed by atoms with Crippen LogP contribution in [0, 0.1) is 0 Å². The molecule has 1 unspecified atom stereocenters. The summed E-state index contributed by atoms with van der Waals surface area (Å²) >= 11 is 1.61. The third-order valence-electron chi connectivity index (χ3n) is 3.25. The van der Waals surface area contributed by atoms with Gasteiger partial charge in [0.15, 0.2) is 0 Å². The highest BCUT2D eigenvalue weighted by Gasteiger charge is 2.30. The minimum Gasteiger partial charge on any atom is -0.382 e. The first-order valence-corrected chi connectivity index (χ1v) is 8.61. The number of halogens is 3. The Hall–Kier alpha value is -1.78. The van der Waals surface area contributed by atoms with E-state index >= 15 is 0 Å². The number of nitrogens with two attached hydrogens (primary N) is 1. The molecule has 0 aromatic heterocycles. The van der Waals surface area contributed by atoms with Gasteiger partial charge in [-0.05, 0) is 42.2 Å². The monoisotopic (exact) mass is 379 g/mol. The molecule has 2 amide bonds. The first-order chi connectivity index (χ1) is 11.7. The molecule has 0 heterocycles. The molecular formula is C15H20F3N3O3S. The van der Waals surface area contributed by atoms with Gasteiger partial charge in [0.05, 0.1) is 5.56 Å². The second-order valence-corrected chi connectivity index (χ2v) is 6.51. The molecule has 0 bridgehead atoms. The summed E-state index contributed by atoms with van der Waals surface area (Å²) in [6.07, 6.45) is -5.59. The summed E-state index contributed by atoms with van der Waals surface area (Å²) in [5.41, 5.74) is 8.74. The van der Waals surface area contributed by atoms with E-state index in [0.717, 1.165) is 30.0 Å². The highest BCUT2D eigenvalue weighted by Crippen LogP contribution is 2.28. The number of nitrogens with one attached hydrogen (secondary N) is 2. The van der Waals surface area contributed by atoms with Gasteiger partial charge in [0.25, 0.3) is 11.8 Å². The quantitative estimate of drug-likeness (QED) is 0.422. The van der Waals surface area contributed by atoms with Crippen LogP contribution in [0.1, 0.15) is 29.3 Å². The smallest absolute Gasteiger partial charge is 0.382 e. The van der Waals surface area contributed by atoms with Crippen molar-refractivity contribution < 1.29 is 27.9 Å². The van der Waals surface area contributed by atoms with Crippen LogP contribution in [0.2, 0.25) is 0 Å². The first kappa shape index (κ1) is 21.3. The zero-order valence-electron chi connectivity index (χ0n) is 13.5. The molecule has 140 valence electrons. The minimum absolute atomic E-state index is 0.0774. The van der Waals surface area contributed by atoms with Crippen LogP contribution in [0.15, 0.2) is 24.3 Å². The van der Waals surface area contributed by atoms with E-state index < -0.39 is 35.7 Å². The molecule has 0 radical (unpaired) electrons. The van der Waals surface area contributed by atoms with Crippen molar-refractivity contribution in [1.29, 1.82) is 0 Å². The molecule has 6 nitrogen and oxygen atoms in total. The first-order valence-electron chi connectivity index (χ1n) is 7.45. The fourth-order valence-electron chi connectivity index (χ4n) is 1.79. The van der Waals surface area contributed by atoms with Crippen molar-refractivity contribution >= 4 is 23.6 Å². The summed E-state index contributed by atoms with van der Waals surface area (Å²) in [4.78, 5) is 23.5. The van der Waals surface area contributed by atoms with Crippen molar-refractivity contribution in [2.45, 2.75) is 31.7 Å². The van der Waals surface area contributed by atoms with Crippen LogP contribution in [0.5, 0.6) is 0 Å². The van der Waals surface area contributed by atoms with Crippen molar-refractivity contribution in [2.75, 3.05) is 11.5 Å². The van der Waals surface area contributed by atoms with E-state index in [2.05, 4.69) is 0 Å². The molecule has 0 spiro atoms. The lowest BCUT2D eigenvalue weighted by molar-refractivity contribution is -0.137. The van der Waals surface area contributed by atoms with Gasteiger partial charge < -0.3 is 10.8 Å². The predicted octanol–water partition coefficient (Wildman–Crippen LogP) is 1.30. The molecule has 0 aliphatic rings. The summed E-state index contributed by atoms with van der Waals surface area (Å²) in [7, 11) is 0. The van der Waals surface area contributed by atoms with Crippen LogP contribution in [0.4, 0.5) is 13.2 Å². The Morgan fingerprint density at radius 2 is 1.84 bits per heavy atom. The van der Waals surface area contributed by atoms with E-state index in [-0.39, 0.29) is 5.56 Å². The van der Waals surface area contributed by atoms with Gasteiger partial charge in [0, 0.05) is 11.6 Å². The zero-order chi connectivity index (χ0) is 19.0. The number of hydrazine groups is 1. The Kier molecular flexibility index (Phi) is 8.20. The van der Waals surface area contributed by atoms with Gasteiger partial charge in [0.2, 0.25) is 0 Å². The fourth-order valence-corrected chi connectivity index (χ4v) is 2.52. The number of carbonyl (C=O) groups excluding carboxylic acids is 2. The molecule has 5 N–H and O–H groups in total. The largest absolute Gasteiger partial charge is 0.416 e. The number of hydrogen-bond donors (Lipinski definition) is 4. The average Bonchev–Trinajstić information content (AvgIpc) is 2.58. The maximum absolute atomic E-state index is 12.5. The van der Waals surface area contributed by atoms with Gasteiger partial charge >= 0.3 is 6.18 Å². The van der Waals surface area contributed by atoms with Gasteiger partial charge in [-0.25, -0.2) is 0 Å². The number of carbonyl (C=O) groups is 2. The van der Waals surface area contributed by atoms with Crippen molar-refractivity contribution in [3.8, 4) is 0 Å². The van der Waals surface area contributed by atoms with E-state index in [1.807, 2.05) is 17.8 Å². The van der Waals surface area contributed by atoms with Gasteiger partial charge in [-0.1, -0.05) is 6.92 Å². The predicted molar refractivity (Wildman–Crippen MR) is 88.7 cm³/mol. The summed E-state index contributed by atoms with van der Waals surface area (Å²) in [5, 5.41) is 9.77. The Labute approximate surface area is 147 Å². The third kappa shape index (κ3) is 6.92. The second kappa shape index (κ2) is 9.64. The highest BCUT2D eigenvalue weighted by atomic mass is 32.2. The van der Waals surface area contributed by atoms with E-state index in [1.54, 1.807) is 11.8 Å². The van der Waals surface area contributed by atoms with Crippen molar-refractivity contribution in [3.05, 3.63) is 35.4 Å². The third-order valence-corrected chi connectivity index (χ3v) is 4.18. The normalized spacial score (nSPS) is 13.8. The molecule has 0 saturated heterocycles. The molecule has 1 aromatic rings. The molecule has 1 aromatic carbocycles. The molecular weight excluding hydrogens is 359 g/mol. The molecule has 10 heteroatoms. The molecule has 0 saturated carbocycles. The van der Waals surface area contributed by atoms with E-state index in [1.165, 1.54) is 0 Å². The highest BCUT2D eigenvalue weighted by molar-refractivity contribution is 7.99. The van der Waals surface area contributed by atoms with Crippen molar-refractivity contribution in [1.82, 2.24) is 10.9 Å². The average molecular weight is 379 g/mol. The Bertz CT molecular complexity index is 582. The van der Waals surface area contributed by atoms with Gasteiger partial charge in [-0.2, -0.15) is 24.9 Å². The van der Waals surface area contributed by atoms with Crippen LogP contribution in [-0.4, -0.2) is 40.6 Å². The summed E-state index contributed by atoms with van der Waals surface area (Å²) in [5.74, 6) is -0.142. The number of rotatable bonds is 7. The number of aliphatic hydroxyl groups is 1. The maximum Gasteiger partial charge on any atom is 0.416 e. The van der Waals surface area contributed by atoms with Crippen molar-refractivity contribution in [2.24, 2.45) is 5.73 Å². The molecule has 0 aliphatic heterocycles. The summed E-state index contributed by atoms with van der Waals surface area (Å²) in [6, 6.07) is 2.69. The molecule has 0 aliphatic carbocycles. The van der Waals surface area contributed by atoms with Crippen LogP contribution in [0.3, 0.4) is 0 Å². The number of benzene rings is 1. The molecule has 1 rings (SSSR count). The SMILES string of the molecule is CCSCC[C@@H](N)C(O)C(=O)NNC(=O)c1ccc(C(F)(F)F)cc1. The lowest BCUT2D eigenvalue weighted by Crippen LogP contribution is -2.52. The molecule has 2 atom stereocenters. The van der Waals surface area contributed by atoms with Gasteiger partial charge in [-0.15, -0.1) is 0 Å². The fraction of sp³-hybridized carbons (Fsp3) is 0.467. The van der Waals surface area contributed by atoms with Crippen LogP contribution >= 0.6 is 11.8 Å². The van der Waals surface area contributed by atoms with E-state index in [0.29, 0.717) is 12.2 Å². The lowest BCUT2D eigenvalue weighted by Gasteiger charge is -2.18. The van der Waals surface area contributed by atoms with E-state index in [9.17, 15) is 27.9 Å². The topological polar surface area (TPSA) is 104 Å². The van der Waals surface area contributed by atoms with Crippen LogP contribution < -0.4 is 16.6 Å². The minimum atomic E-state index is -4.50. The van der Waals surface area contributed by atoms with Crippen molar-refractivity contribution in [3.63, 3.8) is 0 Å². The number of amides is 2. The van der Waals surface area contributed by atoms with E-state index in [4.69, 9.17) is 5.73 Å². The summed E-state index contributed by atoms with van der Waals surface area (Å²) < 4.78 is 37.4. The Balaban J connectivity index is 2.51.